The fraction of sp³-hybridized carbons (Fsp3) is 0.923. The maximum atomic E-state index is 12.4. The summed E-state index contributed by atoms with van der Waals surface area (Å²) in [4.78, 5) is 24.7. The molecule has 0 spiro atoms. The van der Waals surface area contributed by atoms with Gasteiger partial charge in [-0.3, -0.25) is 0 Å². The third-order valence-corrected chi connectivity index (χ3v) is 11.1. The highest BCUT2D eigenvalue weighted by molar-refractivity contribution is 5.80. The average molecular weight is 533 g/mol. The molecule has 0 aliphatic carbocycles. The Morgan fingerprint density at radius 2 is 1.41 bits per heavy atom. The van der Waals surface area contributed by atoms with Crippen molar-refractivity contribution in [1.29, 1.82) is 0 Å². The van der Waals surface area contributed by atoms with Crippen LogP contribution < -0.4 is 0 Å². The van der Waals surface area contributed by atoms with Gasteiger partial charge in [-0.25, -0.2) is 9.59 Å². The van der Waals surface area contributed by atoms with Gasteiger partial charge in [-0.15, -0.1) is 0 Å². The summed E-state index contributed by atoms with van der Waals surface area (Å²) in [6.45, 7) is 15.6. The molecule has 11 heteroatoms. The summed E-state index contributed by atoms with van der Waals surface area (Å²) < 4.78 is 23.6. The van der Waals surface area contributed by atoms with Crippen LogP contribution in [0.25, 0.3) is 0 Å². The van der Waals surface area contributed by atoms with Crippen LogP contribution in [-0.2, 0) is 28.5 Å². The molecular formula is C26H44O11. The van der Waals surface area contributed by atoms with E-state index in [1.165, 1.54) is 27.7 Å². The highest BCUT2D eigenvalue weighted by Crippen LogP contribution is 2.69. The predicted octanol–water partition coefficient (Wildman–Crippen LogP) is 1.61. The molecule has 2 bridgehead atoms. The summed E-state index contributed by atoms with van der Waals surface area (Å²) >= 11 is 0. The Morgan fingerprint density at radius 3 is 1.84 bits per heavy atom. The SMILES string of the molecule is CC(C)C1(C)OC(O)(C(=O)O)C(C)(COCC2(C)OC3(C(=O)O)OC(C)(C2(C)O)C3(C)CO)C(C)C1C. The molecule has 0 aromatic rings. The Morgan fingerprint density at radius 1 is 0.865 bits per heavy atom. The molecule has 0 saturated carbocycles. The molecule has 37 heavy (non-hydrogen) atoms. The van der Waals surface area contributed by atoms with Gasteiger partial charge in [0.25, 0.3) is 11.6 Å². The fourth-order valence-electron chi connectivity index (χ4n) is 6.72. The van der Waals surface area contributed by atoms with Crippen LogP contribution in [0.3, 0.4) is 0 Å². The third kappa shape index (κ3) is 3.25. The first-order valence-corrected chi connectivity index (χ1v) is 12.7. The standard InChI is InChI=1S/C26H44O11/c1-14(2)22(8)16(4)15(3)19(5,25(33,36-22)17(28)29)12-34-13-21(7)23(9,32)24(10)20(6,11-27)26(35-21,37-24)18(30)31/h14-16,27,32-33H,11-13H2,1-10H3,(H,28,29)(H,30,31). The van der Waals surface area contributed by atoms with E-state index in [2.05, 4.69) is 0 Å². The molecule has 4 saturated heterocycles. The van der Waals surface area contributed by atoms with E-state index in [1.807, 2.05) is 27.7 Å². The van der Waals surface area contributed by atoms with Crippen LogP contribution in [0.1, 0.15) is 69.2 Å². The van der Waals surface area contributed by atoms with Crippen molar-refractivity contribution in [3.63, 3.8) is 0 Å². The molecule has 10 atom stereocenters. The fourth-order valence-corrected chi connectivity index (χ4v) is 6.72. The maximum absolute atomic E-state index is 12.4. The summed E-state index contributed by atoms with van der Waals surface area (Å²) in [5.74, 6) is -8.43. The summed E-state index contributed by atoms with van der Waals surface area (Å²) in [7, 11) is 0. The van der Waals surface area contributed by atoms with Crippen molar-refractivity contribution in [3.8, 4) is 0 Å². The van der Waals surface area contributed by atoms with Gasteiger partial charge in [-0.1, -0.05) is 34.6 Å². The van der Waals surface area contributed by atoms with E-state index in [1.54, 1.807) is 13.8 Å². The highest BCUT2D eigenvalue weighted by atomic mass is 16.8. The number of carboxylic acid groups (broad SMARTS) is 2. The van der Waals surface area contributed by atoms with Crippen LogP contribution in [0.15, 0.2) is 0 Å². The van der Waals surface area contributed by atoms with Gasteiger partial charge in [0.1, 0.15) is 16.8 Å². The molecule has 214 valence electrons. The Labute approximate surface area is 218 Å². The first-order valence-electron chi connectivity index (χ1n) is 12.7. The van der Waals surface area contributed by atoms with Gasteiger partial charge in [0.15, 0.2) is 0 Å². The van der Waals surface area contributed by atoms with E-state index >= 15 is 0 Å². The number of ether oxygens (including phenoxy) is 4. The van der Waals surface area contributed by atoms with Crippen LogP contribution in [0.4, 0.5) is 0 Å². The Bertz CT molecular complexity index is 968. The van der Waals surface area contributed by atoms with Crippen LogP contribution in [0.5, 0.6) is 0 Å². The molecule has 4 fully saturated rings. The zero-order valence-corrected chi connectivity index (χ0v) is 23.5. The molecule has 0 aromatic heterocycles. The predicted molar refractivity (Wildman–Crippen MR) is 129 cm³/mol. The second kappa shape index (κ2) is 8.33. The summed E-state index contributed by atoms with van der Waals surface area (Å²) in [5.41, 5.74) is -8.80. The van der Waals surface area contributed by atoms with Gasteiger partial charge in [0.2, 0.25) is 0 Å². The van der Waals surface area contributed by atoms with Crippen LogP contribution in [-0.4, -0.2) is 91.3 Å². The number of aliphatic hydroxyl groups excluding tert-OH is 1. The monoisotopic (exact) mass is 532 g/mol. The second-order valence-electron chi connectivity index (χ2n) is 12.8. The van der Waals surface area contributed by atoms with Crippen molar-refractivity contribution in [2.75, 3.05) is 19.8 Å². The lowest BCUT2D eigenvalue weighted by Crippen LogP contribution is -2.94. The lowest BCUT2D eigenvalue weighted by Gasteiger charge is -2.76. The normalized spacial score (nSPS) is 53.6. The van der Waals surface area contributed by atoms with Gasteiger partial charge in [0, 0.05) is 0 Å². The lowest BCUT2D eigenvalue weighted by atomic mass is 9.50. The van der Waals surface area contributed by atoms with Crippen molar-refractivity contribution in [1.82, 2.24) is 0 Å². The van der Waals surface area contributed by atoms with E-state index in [0.29, 0.717) is 0 Å². The Kier molecular flexibility index (Phi) is 6.80. The van der Waals surface area contributed by atoms with E-state index in [4.69, 9.17) is 18.9 Å². The van der Waals surface area contributed by atoms with E-state index in [-0.39, 0.29) is 31.0 Å². The minimum absolute atomic E-state index is 0.0912. The van der Waals surface area contributed by atoms with E-state index in [0.717, 1.165) is 0 Å². The molecule has 11 nitrogen and oxygen atoms in total. The maximum Gasteiger partial charge on any atom is 0.365 e. The van der Waals surface area contributed by atoms with Crippen molar-refractivity contribution >= 4 is 11.9 Å². The number of hydrogen-bond acceptors (Lipinski definition) is 9. The lowest BCUT2D eigenvalue weighted by molar-refractivity contribution is -0.556. The quantitative estimate of drug-likeness (QED) is 0.307. The van der Waals surface area contributed by atoms with Crippen LogP contribution in [0, 0.1) is 28.6 Å². The number of hydrogen-bond donors (Lipinski definition) is 5. The van der Waals surface area contributed by atoms with E-state index < -0.39 is 63.4 Å². The molecule has 5 N–H and O–H groups in total. The minimum atomic E-state index is -2.58. The zero-order chi connectivity index (χ0) is 28.8. The summed E-state index contributed by atoms with van der Waals surface area (Å²) in [6, 6.07) is 0. The van der Waals surface area contributed by atoms with E-state index in [9.17, 15) is 35.1 Å². The first-order chi connectivity index (χ1) is 16.5. The molecule has 0 aromatic carbocycles. The highest BCUT2D eigenvalue weighted by Gasteiger charge is 2.88. The number of fused-ring (bicyclic) bond motifs is 2. The molecule has 4 rings (SSSR count). The largest absolute Gasteiger partial charge is 0.477 e. The van der Waals surface area contributed by atoms with Gasteiger partial charge in [-0.2, -0.15) is 0 Å². The molecule has 4 aliphatic rings. The number of aliphatic carboxylic acids is 2. The van der Waals surface area contributed by atoms with Gasteiger partial charge >= 0.3 is 11.9 Å². The molecule has 0 radical (unpaired) electrons. The summed E-state index contributed by atoms with van der Waals surface area (Å²) in [6.07, 6.45) is 0. The third-order valence-electron chi connectivity index (χ3n) is 11.1. The second-order valence-corrected chi connectivity index (χ2v) is 12.8. The van der Waals surface area contributed by atoms with Crippen LogP contribution >= 0.6 is 0 Å². The van der Waals surface area contributed by atoms with Gasteiger partial charge in [0.05, 0.1) is 36.3 Å². The van der Waals surface area contributed by atoms with Crippen molar-refractivity contribution in [3.05, 3.63) is 0 Å². The number of aliphatic hydroxyl groups is 3. The average Bonchev–Trinajstić information content (AvgIpc) is 2.78. The molecule has 0 amide bonds. The van der Waals surface area contributed by atoms with Crippen molar-refractivity contribution < 1.29 is 54.1 Å². The molecular weight excluding hydrogens is 488 g/mol. The smallest absolute Gasteiger partial charge is 0.365 e. The molecule has 4 heterocycles. The zero-order valence-electron chi connectivity index (χ0n) is 23.5. The minimum Gasteiger partial charge on any atom is -0.477 e. The van der Waals surface area contributed by atoms with Gasteiger partial charge in [-0.05, 0) is 52.4 Å². The van der Waals surface area contributed by atoms with Crippen molar-refractivity contribution in [2.45, 2.75) is 103 Å². The number of carbonyl (C=O) groups is 2. The number of rotatable bonds is 8. The number of carboxylic acids is 2. The van der Waals surface area contributed by atoms with Crippen LogP contribution in [0.2, 0.25) is 0 Å². The molecule has 10 unspecified atom stereocenters. The topological polar surface area (TPSA) is 172 Å². The molecule has 4 aliphatic heterocycles. The Hall–Kier alpha value is -1.34. The Balaban J connectivity index is 1.93. The van der Waals surface area contributed by atoms with Gasteiger partial charge < -0.3 is 44.5 Å². The van der Waals surface area contributed by atoms with Crippen molar-refractivity contribution in [2.24, 2.45) is 28.6 Å². The first kappa shape index (κ1) is 30.2. The summed E-state index contributed by atoms with van der Waals surface area (Å²) in [5, 5.41) is 53.2.